The van der Waals surface area contributed by atoms with Gasteiger partial charge in [0.05, 0.1) is 12.8 Å². The quantitative estimate of drug-likeness (QED) is 0.908. The molecule has 2 aromatic rings. The predicted octanol–water partition coefficient (Wildman–Crippen LogP) is 1.77. The molecule has 98 valence electrons. The molecule has 1 aromatic carbocycles. The molecule has 3 rings (SSSR count). The van der Waals surface area contributed by atoms with Crippen LogP contribution < -0.4 is 10.1 Å². The Labute approximate surface area is 111 Å². The van der Waals surface area contributed by atoms with Crippen LogP contribution >= 0.6 is 0 Å². The second kappa shape index (κ2) is 4.76. The maximum Gasteiger partial charge on any atom is 0.270 e. The Morgan fingerprint density at radius 3 is 2.74 bits per heavy atom. The number of carbonyl (C=O) groups is 1. The highest BCUT2D eigenvalue weighted by Gasteiger charge is 2.26. The van der Waals surface area contributed by atoms with Gasteiger partial charge >= 0.3 is 0 Å². The summed E-state index contributed by atoms with van der Waals surface area (Å²) < 4.78 is 6.72. The van der Waals surface area contributed by atoms with E-state index in [0.29, 0.717) is 17.6 Å². The minimum Gasteiger partial charge on any atom is -0.480 e. The molecule has 1 fully saturated rings. The zero-order valence-corrected chi connectivity index (χ0v) is 10.7. The third-order valence-corrected chi connectivity index (χ3v) is 3.04. The number of benzene rings is 1. The molecule has 0 aliphatic heterocycles. The number of ether oxygens (including phenoxy) is 1. The van der Waals surface area contributed by atoms with E-state index in [9.17, 15) is 4.79 Å². The minimum absolute atomic E-state index is 0.109. The number of carbonyl (C=O) groups excluding carboxylic acids is 1. The van der Waals surface area contributed by atoms with Gasteiger partial charge in [-0.1, -0.05) is 18.2 Å². The zero-order chi connectivity index (χ0) is 13.2. The average molecular weight is 257 g/mol. The topological polar surface area (TPSA) is 56.1 Å². The fourth-order valence-corrected chi connectivity index (χ4v) is 1.87. The first-order chi connectivity index (χ1) is 9.28. The number of aromatic nitrogens is 2. The highest BCUT2D eigenvalue weighted by molar-refractivity contribution is 5.93. The number of hydrogen-bond donors (Lipinski definition) is 1. The molecule has 1 aromatic heterocycles. The Hall–Kier alpha value is -2.30. The molecule has 19 heavy (non-hydrogen) atoms. The summed E-state index contributed by atoms with van der Waals surface area (Å²) in [5.41, 5.74) is 1.33. The third kappa shape index (κ3) is 2.45. The van der Waals surface area contributed by atoms with E-state index in [1.54, 1.807) is 17.9 Å². The van der Waals surface area contributed by atoms with Crippen molar-refractivity contribution in [2.45, 2.75) is 18.9 Å². The molecule has 0 radical (unpaired) electrons. The first-order valence-corrected chi connectivity index (χ1v) is 6.28. The van der Waals surface area contributed by atoms with Crippen molar-refractivity contribution >= 4 is 5.91 Å². The van der Waals surface area contributed by atoms with Crippen LogP contribution in [-0.2, 0) is 0 Å². The number of para-hydroxylation sites is 1. The van der Waals surface area contributed by atoms with E-state index in [-0.39, 0.29) is 5.91 Å². The Bertz CT molecular complexity index is 588. The van der Waals surface area contributed by atoms with Crippen LogP contribution in [0.25, 0.3) is 5.69 Å². The van der Waals surface area contributed by atoms with Gasteiger partial charge in [-0.3, -0.25) is 4.79 Å². The lowest BCUT2D eigenvalue weighted by atomic mass is 10.3. The maximum absolute atomic E-state index is 12.2. The van der Waals surface area contributed by atoms with Crippen molar-refractivity contribution in [3.63, 3.8) is 0 Å². The van der Waals surface area contributed by atoms with Gasteiger partial charge in [-0.15, -0.1) is 5.10 Å². The molecule has 1 amide bonds. The molecular weight excluding hydrogens is 242 g/mol. The molecule has 5 heteroatoms. The summed E-state index contributed by atoms with van der Waals surface area (Å²) in [5.74, 6) is 0.326. The molecule has 0 atom stereocenters. The number of rotatable bonds is 4. The largest absolute Gasteiger partial charge is 0.480 e. The van der Waals surface area contributed by atoms with Gasteiger partial charge in [0.1, 0.15) is 5.69 Å². The van der Waals surface area contributed by atoms with E-state index in [1.165, 1.54) is 0 Å². The van der Waals surface area contributed by atoms with Gasteiger partial charge in [-0.2, -0.15) is 0 Å². The number of amides is 1. The van der Waals surface area contributed by atoms with Crippen molar-refractivity contribution in [3.8, 4) is 11.6 Å². The number of methoxy groups -OCH3 is 1. The van der Waals surface area contributed by atoms with Gasteiger partial charge in [-0.05, 0) is 25.0 Å². The molecule has 0 saturated heterocycles. The average Bonchev–Trinajstić information content (AvgIpc) is 3.15. The molecule has 5 nitrogen and oxygen atoms in total. The Morgan fingerprint density at radius 1 is 1.37 bits per heavy atom. The van der Waals surface area contributed by atoms with E-state index in [2.05, 4.69) is 10.4 Å². The summed E-state index contributed by atoms with van der Waals surface area (Å²) in [4.78, 5) is 12.2. The van der Waals surface area contributed by atoms with Crippen LogP contribution in [0.15, 0.2) is 36.4 Å². The van der Waals surface area contributed by atoms with Crippen LogP contribution in [0.4, 0.5) is 0 Å². The summed E-state index contributed by atoms with van der Waals surface area (Å²) in [6.07, 6.45) is 2.12. The van der Waals surface area contributed by atoms with Crippen LogP contribution in [0.3, 0.4) is 0 Å². The van der Waals surface area contributed by atoms with E-state index >= 15 is 0 Å². The molecule has 1 aliphatic carbocycles. The van der Waals surface area contributed by atoms with E-state index in [4.69, 9.17) is 4.74 Å². The minimum atomic E-state index is -0.109. The van der Waals surface area contributed by atoms with Crippen LogP contribution in [-0.4, -0.2) is 28.8 Å². The lowest BCUT2D eigenvalue weighted by molar-refractivity contribution is 0.0943. The highest BCUT2D eigenvalue weighted by Crippen LogP contribution is 2.21. The van der Waals surface area contributed by atoms with Gasteiger partial charge in [-0.25, -0.2) is 4.68 Å². The standard InChI is InChI=1S/C14H15N3O2/c1-19-13-9-12(14(18)15-10-7-8-10)17(16-13)11-5-3-2-4-6-11/h2-6,9-10H,7-8H2,1H3,(H,15,18). The zero-order valence-electron chi connectivity index (χ0n) is 10.7. The van der Waals surface area contributed by atoms with Crippen molar-refractivity contribution in [2.75, 3.05) is 7.11 Å². The van der Waals surface area contributed by atoms with Gasteiger partial charge in [0.2, 0.25) is 5.88 Å². The van der Waals surface area contributed by atoms with E-state index in [1.807, 2.05) is 30.3 Å². The van der Waals surface area contributed by atoms with Crippen molar-refractivity contribution in [2.24, 2.45) is 0 Å². The normalized spacial score (nSPS) is 14.2. The van der Waals surface area contributed by atoms with Crippen molar-refractivity contribution < 1.29 is 9.53 Å². The van der Waals surface area contributed by atoms with Crippen LogP contribution in [0, 0.1) is 0 Å². The Balaban J connectivity index is 1.97. The van der Waals surface area contributed by atoms with E-state index in [0.717, 1.165) is 18.5 Å². The fraction of sp³-hybridized carbons (Fsp3) is 0.286. The van der Waals surface area contributed by atoms with Crippen LogP contribution in [0.2, 0.25) is 0 Å². The molecule has 0 bridgehead atoms. The Morgan fingerprint density at radius 2 is 2.11 bits per heavy atom. The molecule has 1 N–H and O–H groups in total. The van der Waals surface area contributed by atoms with Crippen molar-refractivity contribution in [3.05, 3.63) is 42.1 Å². The summed E-state index contributed by atoms with van der Waals surface area (Å²) in [6, 6.07) is 11.5. The van der Waals surface area contributed by atoms with Crippen molar-refractivity contribution in [1.29, 1.82) is 0 Å². The first kappa shape index (κ1) is 11.8. The molecule has 0 spiro atoms. The summed E-state index contributed by atoms with van der Waals surface area (Å²) >= 11 is 0. The number of nitrogens with zero attached hydrogens (tertiary/aromatic N) is 2. The lowest BCUT2D eigenvalue weighted by Gasteiger charge is -2.06. The number of nitrogens with one attached hydrogen (secondary N) is 1. The monoisotopic (exact) mass is 257 g/mol. The molecule has 1 heterocycles. The van der Waals surface area contributed by atoms with Crippen LogP contribution in [0.5, 0.6) is 5.88 Å². The summed E-state index contributed by atoms with van der Waals surface area (Å²) in [5, 5.41) is 7.24. The Kier molecular flexibility index (Phi) is 2.95. The predicted molar refractivity (Wildman–Crippen MR) is 70.6 cm³/mol. The van der Waals surface area contributed by atoms with Gasteiger partial charge in [0.15, 0.2) is 0 Å². The molecular formula is C14H15N3O2. The maximum atomic E-state index is 12.2. The second-order valence-electron chi connectivity index (χ2n) is 4.57. The van der Waals surface area contributed by atoms with Crippen molar-refractivity contribution in [1.82, 2.24) is 15.1 Å². The SMILES string of the molecule is COc1cc(C(=O)NC2CC2)n(-c2ccccc2)n1. The van der Waals surface area contributed by atoms with Crippen LogP contribution in [0.1, 0.15) is 23.3 Å². The fourth-order valence-electron chi connectivity index (χ4n) is 1.87. The molecule has 1 aliphatic rings. The first-order valence-electron chi connectivity index (χ1n) is 6.28. The molecule has 1 saturated carbocycles. The summed E-state index contributed by atoms with van der Waals surface area (Å²) in [6.45, 7) is 0. The third-order valence-electron chi connectivity index (χ3n) is 3.04. The summed E-state index contributed by atoms with van der Waals surface area (Å²) in [7, 11) is 1.54. The van der Waals surface area contributed by atoms with E-state index < -0.39 is 0 Å². The van der Waals surface area contributed by atoms with Gasteiger partial charge in [0, 0.05) is 12.1 Å². The highest BCUT2D eigenvalue weighted by atomic mass is 16.5. The second-order valence-corrected chi connectivity index (χ2v) is 4.57. The van der Waals surface area contributed by atoms with Gasteiger partial charge in [0.25, 0.3) is 5.91 Å². The smallest absolute Gasteiger partial charge is 0.270 e. The number of hydrogen-bond acceptors (Lipinski definition) is 3. The van der Waals surface area contributed by atoms with Gasteiger partial charge < -0.3 is 10.1 Å². The lowest BCUT2D eigenvalue weighted by Crippen LogP contribution is -2.27. The molecule has 0 unspecified atom stereocenters.